The van der Waals surface area contributed by atoms with Crippen molar-refractivity contribution in [1.29, 1.82) is 0 Å². The monoisotopic (exact) mass is 301 g/mol. The SMILES string of the molecule is COC(=O)Cc1c(CBr)cc(C)cc1[N+](=O)[O-]. The number of hydrogen-bond acceptors (Lipinski definition) is 4. The van der Waals surface area contributed by atoms with Crippen molar-refractivity contribution in [3.05, 3.63) is 38.9 Å². The highest BCUT2D eigenvalue weighted by atomic mass is 79.9. The van der Waals surface area contributed by atoms with Crippen molar-refractivity contribution in [2.75, 3.05) is 7.11 Å². The van der Waals surface area contributed by atoms with Gasteiger partial charge in [0.1, 0.15) is 0 Å². The number of carbonyl (C=O) groups is 1. The Morgan fingerprint density at radius 3 is 2.65 bits per heavy atom. The number of nitro benzene ring substituents is 1. The lowest BCUT2D eigenvalue weighted by atomic mass is 10.0. The van der Waals surface area contributed by atoms with Crippen molar-refractivity contribution in [2.45, 2.75) is 18.7 Å². The van der Waals surface area contributed by atoms with Gasteiger partial charge in [-0.25, -0.2) is 0 Å². The summed E-state index contributed by atoms with van der Waals surface area (Å²) in [6.45, 7) is 1.78. The first kappa shape index (κ1) is 13.6. The number of alkyl halides is 1. The zero-order valence-electron chi connectivity index (χ0n) is 9.53. The van der Waals surface area contributed by atoms with E-state index in [1.807, 2.05) is 6.07 Å². The van der Waals surface area contributed by atoms with Gasteiger partial charge in [0.05, 0.1) is 18.5 Å². The van der Waals surface area contributed by atoms with Crippen molar-refractivity contribution in [2.24, 2.45) is 0 Å². The third-order valence-electron chi connectivity index (χ3n) is 2.35. The van der Waals surface area contributed by atoms with E-state index in [4.69, 9.17) is 0 Å². The predicted molar refractivity (Wildman–Crippen MR) is 66.2 cm³/mol. The molecule has 17 heavy (non-hydrogen) atoms. The van der Waals surface area contributed by atoms with Gasteiger partial charge >= 0.3 is 5.97 Å². The molecule has 0 aliphatic rings. The normalized spacial score (nSPS) is 10.1. The van der Waals surface area contributed by atoms with E-state index in [0.717, 1.165) is 11.1 Å². The molecular formula is C11H12BrNO4. The number of methoxy groups -OCH3 is 1. The van der Waals surface area contributed by atoms with Crippen molar-refractivity contribution >= 4 is 27.6 Å². The second kappa shape index (κ2) is 5.77. The van der Waals surface area contributed by atoms with Crippen molar-refractivity contribution < 1.29 is 14.5 Å². The number of aryl methyl sites for hydroxylation is 1. The molecule has 0 aliphatic carbocycles. The lowest BCUT2D eigenvalue weighted by Crippen LogP contribution is -2.09. The molecule has 0 saturated heterocycles. The van der Waals surface area contributed by atoms with Gasteiger partial charge in [0.25, 0.3) is 5.69 Å². The van der Waals surface area contributed by atoms with E-state index in [0.29, 0.717) is 10.9 Å². The van der Waals surface area contributed by atoms with E-state index in [1.54, 1.807) is 6.92 Å². The summed E-state index contributed by atoms with van der Waals surface area (Å²) in [4.78, 5) is 21.7. The average molecular weight is 302 g/mol. The molecule has 0 amide bonds. The Morgan fingerprint density at radius 1 is 1.53 bits per heavy atom. The smallest absolute Gasteiger partial charge is 0.310 e. The third-order valence-corrected chi connectivity index (χ3v) is 2.96. The van der Waals surface area contributed by atoms with Crippen LogP contribution >= 0.6 is 15.9 Å². The lowest BCUT2D eigenvalue weighted by Gasteiger charge is -2.08. The van der Waals surface area contributed by atoms with Crippen LogP contribution in [0.5, 0.6) is 0 Å². The van der Waals surface area contributed by atoms with E-state index < -0.39 is 10.9 Å². The van der Waals surface area contributed by atoms with Gasteiger partial charge in [0.15, 0.2) is 0 Å². The highest BCUT2D eigenvalue weighted by molar-refractivity contribution is 9.08. The second-order valence-corrected chi connectivity index (χ2v) is 4.13. The van der Waals surface area contributed by atoms with Crippen LogP contribution in [0.4, 0.5) is 5.69 Å². The van der Waals surface area contributed by atoms with Crippen molar-refractivity contribution in [3.63, 3.8) is 0 Å². The molecule has 1 aromatic rings. The molecule has 0 bridgehead atoms. The number of benzene rings is 1. The number of hydrogen-bond donors (Lipinski definition) is 0. The predicted octanol–water partition coefficient (Wildman–Crippen LogP) is 2.51. The van der Waals surface area contributed by atoms with Crippen LogP contribution in [-0.4, -0.2) is 18.0 Å². The molecule has 0 fully saturated rings. The molecule has 0 unspecified atom stereocenters. The molecule has 0 aliphatic heterocycles. The summed E-state index contributed by atoms with van der Waals surface area (Å²) in [6, 6.07) is 3.28. The van der Waals surface area contributed by atoms with Crippen LogP contribution in [0.25, 0.3) is 0 Å². The fraction of sp³-hybridized carbons (Fsp3) is 0.364. The minimum Gasteiger partial charge on any atom is -0.469 e. The summed E-state index contributed by atoms with van der Waals surface area (Å²) in [5.74, 6) is -0.487. The number of carbonyl (C=O) groups excluding carboxylic acids is 1. The molecule has 0 saturated carbocycles. The van der Waals surface area contributed by atoms with Gasteiger partial charge in [-0.2, -0.15) is 0 Å². The lowest BCUT2D eigenvalue weighted by molar-refractivity contribution is -0.385. The molecule has 0 spiro atoms. The van der Waals surface area contributed by atoms with Crippen molar-refractivity contribution in [1.82, 2.24) is 0 Å². The average Bonchev–Trinajstić information content (AvgIpc) is 2.30. The first-order valence-electron chi connectivity index (χ1n) is 4.89. The number of halogens is 1. The Labute approximate surface area is 107 Å². The van der Waals surface area contributed by atoms with E-state index in [9.17, 15) is 14.9 Å². The fourth-order valence-electron chi connectivity index (χ4n) is 1.57. The summed E-state index contributed by atoms with van der Waals surface area (Å²) < 4.78 is 4.54. The maximum absolute atomic E-state index is 11.2. The summed E-state index contributed by atoms with van der Waals surface area (Å²) in [5.41, 5.74) is 1.90. The van der Waals surface area contributed by atoms with Crippen LogP contribution in [0, 0.1) is 17.0 Å². The zero-order chi connectivity index (χ0) is 13.0. The molecule has 1 rings (SSSR count). The van der Waals surface area contributed by atoms with Gasteiger partial charge in [0.2, 0.25) is 0 Å². The Hall–Kier alpha value is -1.43. The Morgan fingerprint density at radius 2 is 2.18 bits per heavy atom. The number of esters is 1. The first-order valence-corrected chi connectivity index (χ1v) is 6.01. The molecular weight excluding hydrogens is 290 g/mol. The fourth-order valence-corrected chi connectivity index (χ4v) is 2.07. The Balaban J connectivity index is 3.31. The maximum atomic E-state index is 11.2. The highest BCUT2D eigenvalue weighted by Gasteiger charge is 2.20. The quantitative estimate of drug-likeness (QED) is 0.371. The molecule has 0 radical (unpaired) electrons. The Kier molecular flexibility index (Phi) is 4.62. The minimum atomic E-state index is -0.487. The first-order chi connectivity index (χ1) is 7.99. The van der Waals surface area contributed by atoms with E-state index in [2.05, 4.69) is 20.7 Å². The Bertz CT molecular complexity index is 459. The number of nitrogens with zero attached hydrogens (tertiary/aromatic N) is 1. The molecule has 0 N–H and O–H groups in total. The van der Waals surface area contributed by atoms with Crippen LogP contribution in [-0.2, 0) is 21.3 Å². The van der Waals surface area contributed by atoms with Gasteiger partial charge in [-0.05, 0) is 18.1 Å². The van der Waals surface area contributed by atoms with Gasteiger partial charge in [-0.15, -0.1) is 0 Å². The van der Waals surface area contributed by atoms with Gasteiger partial charge < -0.3 is 4.74 Å². The second-order valence-electron chi connectivity index (χ2n) is 3.57. The van der Waals surface area contributed by atoms with Gasteiger partial charge in [-0.3, -0.25) is 14.9 Å². The van der Waals surface area contributed by atoms with E-state index >= 15 is 0 Å². The molecule has 0 aromatic heterocycles. The molecule has 92 valence electrons. The number of rotatable bonds is 4. The molecule has 1 aromatic carbocycles. The van der Waals surface area contributed by atoms with Crippen LogP contribution in [0.15, 0.2) is 12.1 Å². The number of ether oxygens (including phenoxy) is 1. The molecule has 5 nitrogen and oxygen atoms in total. The van der Waals surface area contributed by atoms with Crippen LogP contribution in [0.3, 0.4) is 0 Å². The third kappa shape index (κ3) is 3.26. The zero-order valence-corrected chi connectivity index (χ0v) is 11.1. The highest BCUT2D eigenvalue weighted by Crippen LogP contribution is 2.27. The van der Waals surface area contributed by atoms with E-state index in [1.165, 1.54) is 13.2 Å². The summed E-state index contributed by atoms with van der Waals surface area (Å²) in [6.07, 6.45) is -0.0893. The van der Waals surface area contributed by atoms with Crippen LogP contribution < -0.4 is 0 Å². The summed E-state index contributed by atoms with van der Waals surface area (Å²) >= 11 is 3.26. The molecule has 6 heteroatoms. The van der Waals surface area contributed by atoms with E-state index in [-0.39, 0.29) is 12.1 Å². The largest absolute Gasteiger partial charge is 0.469 e. The van der Waals surface area contributed by atoms with Crippen LogP contribution in [0.1, 0.15) is 16.7 Å². The summed E-state index contributed by atoms with van der Waals surface area (Å²) in [5, 5.41) is 11.4. The molecule has 0 atom stereocenters. The summed E-state index contributed by atoms with van der Waals surface area (Å²) in [7, 11) is 1.26. The maximum Gasteiger partial charge on any atom is 0.310 e. The minimum absolute atomic E-state index is 0.0372. The van der Waals surface area contributed by atoms with Crippen molar-refractivity contribution in [3.8, 4) is 0 Å². The standard InChI is InChI=1S/C11H12BrNO4/c1-7-3-8(6-12)9(5-11(14)17-2)10(4-7)13(15)16/h3-4H,5-6H2,1-2H3. The number of nitro groups is 1. The van der Waals surface area contributed by atoms with Gasteiger partial charge in [0, 0.05) is 17.0 Å². The molecule has 0 heterocycles. The topological polar surface area (TPSA) is 69.4 Å². The van der Waals surface area contributed by atoms with Crippen LogP contribution in [0.2, 0.25) is 0 Å². The van der Waals surface area contributed by atoms with Gasteiger partial charge in [-0.1, -0.05) is 22.0 Å².